The lowest BCUT2D eigenvalue weighted by Gasteiger charge is -2.15. The first-order valence-corrected chi connectivity index (χ1v) is 12.9. The van der Waals surface area contributed by atoms with Crippen molar-refractivity contribution < 1.29 is 14.3 Å². The molecule has 0 aliphatic rings. The van der Waals surface area contributed by atoms with Crippen molar-refractivity contribution in [1.29, 1.82) is 0 Å². The van der Waals surface area contributed by atoms with E-state index in [0.29, 0.717) is 30.4 Å². The standard InChI is InChI=1S/C28H42N2O3/c1-4-6-8-10-11-15-19-32-26-18-14-13-17-24(26)27-25(20-29-22-30-27)28(31)33-21-23(3)16-12-9-7-5-2/h13-14,17-18,20,22-23H,4-12,15-16,19,21H2,1-3H3. The highest BCUT2D eigenvalue weighted by Gasteiger charge is 2.19. The molecule has 0 aliphatic carbocycles. The molecule has 0 spiro atoms. The third-order valence-corrected chi connectivity index (χ3v) is 5.88. The molecule has 1 aromatic heterocycles. The highest BCUT2D eigenvalue weighted by atomic mass is 16.5. The van der Waals surface area contributed by atoms with Crippen molar-refractivity contribution in [2.75, 3.05) is 13.2 Å². The van der Waals surface area contributed by atoms with Crippen molar-refractivity contribution in [3.05, 3.63) is 42.4 Å². The fraction of sp³-hybridized carbons (Fsp3) is 0.607. The van der Waals surface area contributed by atoms with Gasteiger partial charge < -0.3 is 9.47 Å². The molecule has 0 bridgehead atoms. The summed E-state index contributed by atoms with van der Waals surface area (Å²) in [4.78, 5) is 21.4. The Morgan fingerprint density at radius 2 is 1.64 bits per heavy atom. The fourth-order valence-electron chi connectivity index (χ4n) is 3.84. The lowest BCUT2D eigenvalue weighted by atomic mass is 10.0. The van der Waals surface area contributed by atoms with Crippen LogP contribution < -0.4 is 4.74 Å². The van der Waals surface area contributed by atoms with E-state index in [1.807, 2.05) is 24.3 Å². The number of aromatic nitrogens is 2. The normalized spacial score (nSPS) is 11.8. The summed E-state index contributed by atoms with van der Waals surface area (Å²) in [5.41, 5.74) is 1.74. The van der Waals surface area contributed by atoms with Gasteiger partial charge in [0.25, 0.3) is 0 Å². The number of ether oxygens (including phenoxy) is 2. The Balaban J connectivity index is 1.96. The van der Waals surface area contributed by atoms with E-state index in [-0.39, 0.29) is 5.97 Å². The van der Waals surface area contributed by atoms with Gasteiger partial charge in [0.15, 0.2) is 0 Å². The highest BCUT2D eigenvalue weighted by Crippen LogP contribution is 2.31. The molecule has 0 aliphatic heterocycles. The number of nitrogens with zero attached hydrogens (tertiary/aromatic N) is 2. The number of carbonyl (C=O) groups is 1. The molecular formula is C28H42N2O3. The topological polar surface area (TPSA) is 61.3 Å². The third-order valence-electron chi connectivity index (χ3n) is 5.88. The molecule has 2 aromatic rings. The minimum atomic E-state index is -0.378. The largest absolute Gasteiger partial charge is 0.493 e. The summed E-state index contributed by atoms with van der Waals surface area (Å²) in [5.74, 6) is 0.701. The maximum atomic E-state index is 12.9. The molecule has 0 saturated carbocycles. The number of rotatable bonds is 17. The van der Waals surface area contributed by atoms with Crippen molar-refractivity contribution in [3.63, 3.8) is 0 Å². The van der Waals surface area contributed by atoms with Gasteiger partial charge in [-0.15, -0.1) is 0 Å². The summed E-state index contributed by atoms with van der Waals surface area (Å²) in [6.07, 6.45) is 16.3. The molecule has 1 heterocycles. The Hall–Kier alpha value is -2.43. The number of unbranched alkanes of at least 4 members (excludes halogenated alkanes) is 8. The van der Waals surface area contributed by atoms with Crippen LogP contribution in [0.25, 0.3) is 11.3 Å². The molecule has 1 aromatic carbocycles. The van der Waals surface area contributed by atoms with Crippen LogP contribution in [0, 0.1) is 5.92 Å². The van der Waals surface area contributed by atoms with Gasteiger partial charge in [-0.2, -0.15) is 0 Å². The SMILES string of the molecule is CCCCCCCCOc1ccccc1-c1ncncc1C(=O)OCC(C)CCCCCC. The van der Waals surface area contributed by atoms with E-state index in [9.17, 15) is 4.79 Å². The Bertz CT molecular complexity index is 809. The zero-order valence-electron chi connectivity index (χ0n) is 20.9. The molecule has 0 fully saturated rings. The van der Waals surface area contributed by atoms with Crippen molar-refractivity contribution in [3.8, 4) is 17.0 Å². The lowest BCUT2D eigenvalue weighted by molar-refractivity contribution is 0.0442. The van der Waals surface area contributed by atoms with E-state index >= 15 is 0 Å². The van der Waals surface area contributed by atoms with E-state index in [1.54, 1.807) is 6.20 Å². The van der Waals surface area contributed by atoms with E-state index in [4.69, 9.17) is 9.47 Å². The van der Waals surface area contributed by atoms with Gasteiger partial charge in [-0.25, -0.2) is 14.8 Å². The molecule has 5 nitrogen and oxygen atoms in total. The summed E-state index contributed by atoms with van der Waals surface area (Å²) in [6, 6.07) is 7.75. The van der Waals surface area contributed by atoms with Crippen LogP contribution in [-0.4, -0.2) is 29.2 Å². The van der Waals surface area contributed by atoms with Gasteiger partial charge >= 0.3 is 5.97 Å². The summed E-state index contributed by atoms with van der Waals surface area (Å²) in [6.45, 7) is 7.64. The summed E-state index contributed by atoms with van der Waals surface area (Å²) < 4.78 is 11.7. The van der Waals surface area contributed by atoms with Gasteiger partial charge in [0.1, 0.15) is 17.6 Å². The van der Waals surface area contributed by atoms with Gasteiger partial charge in [-0.05, 0) is 30.9 Å². The number of esters is 1. The van der Waals surface area contributed by atoms with E-state index < -0.39 is 0 Å². The third kappa shape index (κ3) is 9.93. The Morgan fingerprint density at radius 3 is 2.42 bits per heavy atom. The van der Waals surface area contributed by atoms with Crippen LogP contribution in [-0.2, 0) is 4.74 Å². The van der Waals surface area contributed by atoms with Crippen molar-refractivity contribution >= 4 is 5.97 Å². The van der Waals surface area contributed by atoms with Crippen LogP contribution in [0.5, 0.6) is 5.75 Å². The van der Waals surface area contributed by atoms with Crippen molar-refractivity contribution in [2.45, 2.75) is 91.4 Å². The molecule has 0 amide bonds. The molecule has 0 saturated heterocycles. The number of hydrogen-bond acceptors (Lipinski definition) is 5. The molecule has 5 heteroatoms. The van der Waals surface area contributed by atoms with Gasteiger partial charge in [-0.1, -0.05) is 90.7 Å². The Kier molecular flexibility index (Phi) is 13.2. The van der Waals surface area contributed by atoms with Crippen molar-refractivity contribution in [2.24, 2.45) is 5.92 Å². The predicted molar refractivity (Wildman–Crippen MR) is 135 cm³/mol. The first-order valence-electron chi connectivity index (χ1n) is 12.9. The van der Waals surface area contributed by atoms with Crippen LogP contribution in [0.4, 0.5) is 0 Å². The molecule has 182 valence electrons. The quantitative estimate of drug-likeness (QED) is 0.181. The number of benzene rings is 1. The molecule has 2 rings (SSSR count). The Morgan fingerprint density at radius 1 is 0.939 bits per heavy atom. The minimum absolute atomic E-state index is 0.340. The number of para-hydroxylation sites is 1. The second-order valence-electron chi connectivity index (χ2n) is 8.95. The average molecular weight is 455 g/mol. The second-order valence-corrected chi connectivity index (χ2v) is 8.95. The molecule has 0 radical (unpaired) electrons. The van der Waals surface area contributed by atoms with Gasteiger partial charge in [0, 0.05) is 11.8 Å². The van der Waals surface area contributed by atoms with Crippen LogP contribution >= 0.6 is 0 Å². The highest BCUT2D eigenvalue weighted by molar-refractivity contribution is 5.96. The molecule has 0 N–H and O–H groups in total. The first kappa shape index (κ1) is 26.8. The van der Waals surface area contributed by atoms with Crippen molar-refractivity contribution in [1.82, 2.24) is 9.97 Å². The van der Waals surface area contributed by atoms with Crippen LogP contribution in [0.1, 0.15) is 102 Å². The van der Waals surface area contributed by atoms with Gasteiger partial charge in [0.2, 0.25) is 0 Å². The van der Waals surface area contributed by atoms with Gasteiger partial charge in [0.05, 0.1) is 18.9 Å². The van der Waals surface area contributed by atoms with Crippen LogP contribution in [0.2, 0.25) is 0 Å². The molecule has 33 heavy (non-hydrogen) atoms. The summed E-state index contributed by atoms with van der Waals surface area (Å²) in [5, 5.41) is 0. The minimum Gasteiger partial charge on any atom is -0.493 e. The van der Waals surface area contributed by atoms with E-state index in [0.717, 1.165) is 24.2 Å². The lowest BCUT2D eigenvalue weighted by Crippen LogP contribution is -2.14. The predicted octanol–water partition coefficient (Wildman–Crippen LogP) is 7.65. The molecular weight excluding hydrogens is 412 g/mol. The molecule has 1 unspecified atom stereocenters. The average Bonchev–Trinajstić information content (AvgIpc) is 2.85. The maximum Gasteiger partial charge on any atom is 0.341 e. The number of carbonyl (C=O) groups excluding carboxylic acids is 1. The van der Waals surface area contributed by atoms with E-state index in [2.05, 4.69) is 30.7 Å². The van der Waals surface area contributed by atoms with Crippen LogP contribution in [0.3, 0.4) is 0 Å². The first-order chi connectivity index (χ1) is 16.2. The summed E-state index contributed by atoms with van der Waals surface area (Å²) in [7, 11) is 0. The van der Waals surface area contributed by atoms with Crippen LogP contribution in [0.15, 0.2) is 36.8 Å². The van der Waals surface area contributed by atoms with E-state index in [1.165, 1.54) is 64.1 Å². The Labute approximate surface area is 200 Å². The monoisotopic (exact) mass is 454 g/mol. The molecule has 1 atom stereocenters. The maximum absolute atomic E-state index is 12.9. The second kappa shape index (κ2) is 16.2. The van der Waals surface area contributed by atoms with Gasteiger partial charge in [-0.3, -0.25) is 0 Å². The zero-order valence-corrected chi connectivity index (χ0v) is 20.9. The smallest absolute Gasteiger partial charge is 0.341 e. The zero-order chi connectivity index (χ0) is 23.7. The number of hydrogen-bond donors (Lipinski definition) is 0. The summed E-state index contributed by atoms with van der Waals surface area (Å²) >= 11 is 0. The fourth-order valence-corrected chi connectivity index (χ4v) is 3.84.